The van der Waals surface area contributed by atoms with E-state index in [1.165, 1.54) is 12.1 Å². The van der Waals surface area contributed by atoms with E-state index in [4.69, 9.17) is 5.11 Å². The maximum atomic E-state index is 13.0. The minimum Gasteiger partial charge on any atom is -0.395 e. The Kier molecular flexibility index (Phi) is 4.13. The van der Waals surface area contributed by atoms with Gasteiger partial charge in [0.1, 0.15) is 0 Å². The molecule has 0 radical (unpaired) electrons. The van der Waals surface area contributed by atoms with E-state index in [1.807, 2.05) is 0 Å². The van der Waals surface area contributed by atoms with E-state index >= 15 is 0 Å². The van der Waals surface area contributed by atoms with E-state index in [2.05, 4.69) is 0 Å². The van der Waals surface area contributed by atoms with Crippen LogP contribution in [0.5, 0.6) is 0 Å². The highest BCUT2D eigenvalue weighted by molar-refractivity contribution is 5.33. The highest BCUT2D eigenvalue weighted by atomic mass is 19.4. The van der Waals surface area contributed by atoms with Crippen molar-refractivity contribution in [2.75, 3.05) is 19.7 Å². The normalized spacial score (nSPS) is 24.9. The molecule has 3 nitrogen and oxygen atoms in total. The van der Waals surface area contributed by atoms with Crippen LogP contribution in [0.3, 0.4) is 0 Å². The maximum absolute atomic E-state index is 13.0. The summed E-state index contributed by atoms with van der Waals surface area (Å²) < 4.78 is 38.9. The molecule has 1 aromatic carbocycles. The summed E-state index contributed by atoms with van der Waals surface area (Å²) >= 11 is 0. The van der Waals surface area contributed by atoms with Gasteiger partial charge in [-0.25, -0.2) is 0 Å². The lowest BCUT2D eigenvalue weighted by Gasteiger charge is -2.26. The van der Waals surface area contributed by atoms with Crippen molar-refractivity contribution < 1.29 is 23.4 Å². The number of benzene rings is 1. The molecule has 106 valence electrons. The highest BCUT2D eigenvalue weighted by Gasteiger charge is 2.39. The molecule has 19 heavy (non-hydrogen) atoms. The summed E-state index contributed by atoms with van der Waals surface area (Å²) in [6.45, 7) is 0.405. The van der Waals surface area contributed by atoms with E-state index in [9.17, 15) is 18.3 Å². The van der Waals surface area contributed by atoms with E-state index in [0.29, 0.717) is 0 Å². The number of likely N-dealkylation sites (tertiary alicyclic amines) is 1. The Bertz CT molecular complexity index is 436. The molecule has 0 saturated carbocycles. The molecule has 0 bridgehead atoms. The number of hydrogen-bond acceptors (Lipinski definition) is 3. The first-order valence-electron chi connectivity index (χ1n) is 6.12. The fourth-order valence-corrected chi connectivity index (χ4v) is 2.62. The summed E-state index contributed by atoms with van der Waals surface area (Å²) in [5.41, 5.74) is -0.503. The van der Waals surface area contributed by atoms with E-state index in [-0.39, 0.29) is 31.7 Å². The zero-order valence-corrected chi connectivity index (χ0v) is 10.3. The monoisotopic (exact) mass is 275 g/mol. The van der Waals surface area contributed by atoms with Crippen LogP contribution in [0.15, 0.2) is 24.3 Å². The smallest absolute Gasteiger partial charge is 0.395 e. The molecule has 1 aliphatic rings. The molecule has 1 aliphatic heterocycles. The molecule has 6 heteroatoms. The van der Waals surface area contributed by atoms with Crippen LogP contribution < -0.4 is 0 Å². The average Bonchev–Trinajstić information content (AvgIpc) is 2.70. The molecule has 0 aliphatic carbocycles. The third kappa shape index (κ3) is 3.08. The molecular weight excluding hydrogens is 259 g/mol. The lowest BCUT2D eigenvalue weighted by atomic mass is 9.97. The highest BCUT2D eigenvalue weighted by Crippen LogP contribution is 2.40. The van der Waals surface area contributed by atoms with Crippen LogP contribution in [0.4, 0.5) is 13.2 Å². The Labute approximate surface area is 109 Å². The van der Waals surface area contributed by atoms with Gasteiger partial charge in [-0.3, -0.25) is 4.90 Å². The summed E-state index contributed by atoms with van der Waals surface area (Å²) in [6.07, 6.45) is -4.81. The van der Waals surface area contributed by atoms with Crippen LogP contribution in [-0.4, -0.2) is 40.9 Å². The number of hydrogen-bond donors (Lipinski definition) is 2. The van der Waals surface area contributed by atoms with Crippen LogP contribution >= 0.6 is 0 Å². The van der Waals surface area contributed by atoms with Crippen molar-refractivity contribution in [2.45, 2.75) is 24.7 Å². The summed E-state index contributed by atoms with van der Waals surface area (Å²) in [4.78, 5) is 1.69. The molecule has 0 spiro atoms. The van der Waals surface area contributed by atoms with Gasteiger partial charge in [-0.15, -0.1) is 0 Å². The third-order valence-corrected chi connectivity index (χ3v) is 3.39. The first kappa shape index (κ1) is 14.3. The second-order valence-electron chi connectivity index (χ2n) is 4.71. The quantitative estimate of drug-likeness (QED) is 0.884. The maximum Gasteiger partial charge on any atom is 0.416 e. The van der Waals surface area contributed by atoms with Gasteiger partial charge in [0.15, 0.2) is 0 Å². The van der Waals surface area contributed by atoms with Crippen LogP contribution in [-0.2, 0) is 6.18 Å². The topological polar surface area (TPSA) is 43.7 Å². The number of aliphatic hydroxyl groups excluding tert-OH is 2. The Morgan fingerprint density at radius 2 is 1.95 bits per heavy atom. The minimum absolute atomic E-state index is 0.141. The molecule has 0 unspecified atom stereocenters. The number of β-amino-alcohol motifs (C(OH)–C–C–N with tert-alkyl or cyclic N) is 2. The van der Waals surface area contributed by atoms with Gasteiger partial charge in [-0.1, -0.05) is 18.2 Å². The summed E-state index contributed by atoms with van der Waals surface area (Å²) in [7, 11) is 0. The SMILES string of the molecule is OCCN1C[C@@H](O)C[C@H]1c1ccccc1C(F)(F)F. The Hall–Kier alpha value is -1.11. The molecule has 0 amide bonds. The fourth-order valence-electron chi connectivity index (χ4n) is 2.62. The Balaban J connectivity index is 2.35. The second kappa shape index (κ2) is 5.48. The van der Waals surface area contributed by atoms with Crippen LogP contribution in [0.25, 0.3) is 0 Å². The zero-order chi connectivity index (χ0) is 14.0. The van der Waals surface area contributed by atoms with Gasteiger partial charge in [0.2, 0.25) is 0 Å². The van der Waals surface area contributed by atoms with Crippen LogP contribution in [0, 0.1) is 0 Å². The third-order valence-electron chi connectivity index (χ3n) is 3.39. The van der Waals surface area contributed by atoms with Gasteiger partial charge >= 0.3 is 6.18 Å². The summed E-state index contributed by atoms with van der Waals surface area (Å²) in [6, 6.07) is 4.91. The number of halogens is 3. The van der Waals surface area contributed by atoms with Crippen molar-refractivity contribution in [2.24, 2.45) is 0 Å². The predicted molar refractivity (Wildman–Crippen MR) is 63.5 cm³/mol. The average molecular weight is 275 g/mol. The van der Waals surface area contributed by atoms with Crippen molar-refractivity contribution >= 4 is 0 Å². The van der Waals surface area contributed by atoms with Gasteiger partial charge in [0.05, 0.1) is 18.3 Å². The van der Waals surface area contributed by atoms with Crippen molar-refractivity contribution in [3.63, 3.8) is 0 Å². The molecule has 1 fully saturated rings. The number of aliphatic hydroxyl groups is 2. The lowest BCUT2D eigenvalue weighted by Crippen LogP contribution is -2.29. The van der Waals surface area contributed by atoms with Gasteiger partial charge in [0.25, 0.3) is 0 Å². The van der Waals surface area contributed by atoms with Crippen molar-refractivity contribution in [1.29, 1.82) is 0 Å². The van der Waals surface area contributed by atoms with Gasteiger partial charge in [0, 0.05) is 19.1 Å². The predicted octanol–water partition coefficient (Wildman–Crippen LogP) is 1.81. The zero-order valence-electron chi connectivity index (χ0n) is 10.3. The summed E-state index contributed by atoms with van der Waals surface area (Å²) in [5.74, 6) is 0. The Morgan fingerprint density at radius 3 is 2.58 bits per heavy atom. The first-order chi connectivity index (χ1) is 8.93. The molecule has 2 atom stereocenters. The molecular formula is C13H16F3NO2. The molecule has 2 rings (SSSR count). The van der Waals surface area contributed by atoms with Crippen LogP contribution in [0.2, 0.25) is 0 Å². The fraction of sp³-hybridized carbons (Fsp3) is 0.538. The number of alkyl halides is 3. The van der Waals surface area contributed by atoms with E-state index < -0.39 is 23.9 Å². The molecule has 0 aromatic heterocycles. The second-order valence-corrected chi connectivity index (χ2v) is 4.71. The van der Waals surface area contributed by atoms with Crippen LogP contribution in [0.1, 0.15) is 23.6 Å². The molecule has 1 heterocycles. The van der Waals surface area contributed by atoms with Gasteiger partial charge in [-0.05, 0) is 18.1 Å². The first-order valence-corrected chi connectivity index (χ1v) is 6.12. The molecule has 1 aromatic rings. The lowest BCUT2D eigenvalue weighted by molar-refractivity contribution is -0.138. The van der Waals surface area contributed by atoms with E-state index in [1.54, 1.807) is 11.0 Å². The Morgan fingerprint density at radius 1 is 1.26 bits per heavy atom. The summed E-state index contributed by atoms with van der Waals surface area (Å²) in [5, 5.41) is 18.6. The van der Waals surface area contributed by atoms with Crippen molar-refractivity contribution in [1.82, 2.24) is 4.90 Å². The minimum atomic E-state index is -4.41. The standard InChI is InChI=1S/C13H16F3NO2/c14-13(15,16)11-4-2-1-3-10(11)12-7-9(19)8-17(12)5-6-18/h1-4,9,12,18-19H,5-8H2/t9-,12-/m0/s1. The van der Waals surface area contributed by atoms with Crippen molar-refractivity contribution in [3.8, 4) is 0 Å². The van der Waals surface area contributed by atoms with Crippen molar-refractivity contribution in [3.05, 3.63) is 35.4 Å². The number of nitrogens with zero attached hydrogens (tertiary/aromatic N) is 1. The largest absolute Gasteiger partial charge is 0.416 e. The molecule has 1 saturated heterocycles. The molecule has 2 N–H and O–H groups in total. The number of rotatable bonds is 3. The van der Waals surface area contributed by atoms with Gasteiger partial charge < -0.3 is 10.2 Å². The van der Waals surface area contributed by atoms with E-state index in [0.717, 1.165) is 6.07 Å². The van der Waals surface area contributed by atoms with Gasteiger partial charge in [-0.2, -0.15) is 13.2 Å².